The van der Waals surface area contributed by atoms with E-state index in [-0.39, 0.29) is 25.3 Å². The van der Waals surface area contributed by atoms with Gasteiger partial charge in [0.05, 0.1) is 39.5 Å². The first-order valence-electron chi connectivity index (χ1n) is 12.9. The highest BCUT2D eigenvalue weighted by atomic mass is 16.4. The first-order chi connectivity index (χ1) is 20.7. The number of carboxylic acids is 1. The monoisotopic (exact) mass is 636 g/mol. The van der Waals surface area contributed by atoms with Crippen molar-refractivity contribution >= 4 is 47.4 Å². The molecular formula is C22H40N10O12. The Morgan fingerprint density at radius 3 is 1.43 bits per heavy atom. The van der Waals surface area contributed by atoms with Crippen LogP contribution in [0.4, 0.5) is 0 Å². The number of hydrogen-bond acceptors (Lipinski definition) is 13. The van der Waals surface area contributed by atoms with Crippen LogP contribution in [0.15, 0.2) is 4.99 Å². The van der Waals surface area contributed by atoms with Crippen LogP contribution in [0.1, 0.15) is 12.8 Å². The third kappa shape index (κ3) is 15.0. The van der Waals surface area contributed by atoms with Crippen LogP contribution in [0.25, 0.3) is 0 Å². The summed E-state index contributed by atoms with van der Waals surface area (Å²) < 4.78 is 0. The van der Waals surface area contributed by atoms with Crippen molar-refractivity contribution in [2.24, 2.45) is 22.2 Å². The summed E-state index contributed by atoms with van der Waals surface area (Å²) in [6.45, 7) is -4.95. The first-order valence-corrected chi connectivity index (χ1v) is 12.9. The molecule has 0 radical (unpaired) electrons. The molecule has 0 aromatic carbocycles. The lowest BCUT2D eigenvalue weighted by atomic mass is 10.1. The largest absolute Gasteiger partial charge is 0.480 e. The summed E-state index contributed by atoms with van der Waals surface area (Å²) in [6.07, 6.45) is -0.105. The number of hydrogen-bond donors (Lipinski definition) is 14. The van der Waals surface area contributed by atoms with Crippen LogP contribution in [0, 0.1) is 0 Å². The Kier molecular flexibility index (Phi) is 18.9. The highest BCUT2D eigenvalue weighted by Crippen LogP contribution is 2.02. The van der Waals surface area contributed by atoms with E-state index in [1.807, 2.05) is 5.32 Å². The van der Waals surface area contributed by atoms with Crippen LogP contribution in [-0.2, 0) is 33.6 Å². The number of guanidine groups is 1. The quantitative estimate of drug-likeness (QED) is 0.0316. The molecule has 0 aliphatic rings. The lowest BCUT2D eigenvalue weighted by Gasteiger charge is -2.25. The molecule has 0 saturated heterocycles. The van der Waals surface area contributed by atoms with Crippen molar-refractivity contribution in [1.82, 2.24) is 31.9 Å². The molecule has 0 fully saturated rings. The van der Waals surface area contributed by atoms with E-state index in [9.17, 15) is 48.9 Å². The molecule has 22 nitrogen and oxygen atoms in total. The van der Waals surface area contributed by atoms with Crippen molar-refractivity contribution in [2.75, 3.05) is 46.1 Å². The van der Waals surface area contributed by atoms with Gasteiger partial charge in [-0.05, 0) is 12.8 Å². The van der Waals surface area contributed by atoms with E-state index < -0.39 is 111 Å². The summed E-state index contributed by atoms with van der Waals surface area (Å²) in [6, 6.07) is -8.29. The number of aliphatic hydroxyl groups excluding tert-OH is 4. The van der Waals surface area contributed by atoms with Crippen LogP contribution in [0.5, 0.6) is 0 Å². The Bertz CT molecular complexity index is 1040. The predicted octanol–water partition coefficient (Wildman–Crippen LogP) is -9.41. The zero-order chi connectivity index (χ0) is 33.8. The van der Waals surface area contributed by atoms with Crippen LogP contribution in [0.3, 0.4) is 0 Å². The molecule has 250 valence electrons. The van der Waals surface area contributed by atoms with Gasteiger partial charge >= 0.3 is 5.97 Å². The second-order valence-corrected chi connectivity index (χ2v) is 8.86. The number of amides is 6. The number of carbonyl (C=O) groups excluding carboxylic acids is 6. The van der Waals surface area contributed by atoms with Crippen molar-refractivity contribution in [3.05, 3.63) is 0 Å². The summed E-state index contributed by atoms with van der Waals surface area (Å²) in [5.74, 6) is -7.89. The third-order valence-corrected chi connectivity index (χ3v) is 5.47. The topological polar surface area (TPSA) is 383 Å². The zero-order valence-corrected chi connectivity index (χ0v) is 23.5. The zero-order valence-electron chi connectivity index (χ0n) is 23.5. The standard InChI is InChI=1S/C22H40N10O12/c23-4-15(37)27-5-16(38)28-11(6-33)18(40)31-12(7-34)19(41)29-10(2-1-3-26-22(24)25)17(39)30-13(8-35)20(42)32-14(9-36)21(43)44/h10-14,33-36H,1-9,23H2,(H,27,37)(H,28,38)(H,29,41)(H,30,39)(H,31,40)(H,32,42)(H,43,44)(H4,24,25,26)/t10-,11-,12-,13-,14-/m0/s1. The first kappa shape index (κ1) is 39.4. The minimum Gasteiger partial charge on any atom is -0.480 e. The van der Waals surface area contributed by atoms with Crippen molar-refractivity contribution in [1.29, 1.82) is 0 Å². The number of carboxylic acid groups (broad SMARTS) is 1. The highest BCUT2D eigenvalue weighted by molar-refractivity contribution is 5.96. The van der Waals surface area contributed by atoms with Crippen LogP contribution in [-0.4, -0.2) is 149 Å². The lowest BCUT2D eigenvalue weighted by molar-refractivity contribution is -0.143. The summed E-state index contributed by atoms with van der Waals surface area (Å²) in [5, 5.41) is 59.4. The Labute approximate surface area is 250 Å². The molecule has 0 aliphatic heterocycles. The second kappa shape index (κ2) is 21.1. The van der Waals surface area contributed by atoms with Crippen molar-refractivity contribution < 1.29 is 59.1 Å². The minimum atomic E-state index is -1.74. The lowest BCUT2D eigenvalue weighted by Crippen LogP contribution is -2.60. The van der Waals surface area contributed by atoms with Gasteiger partial charge in [-0.15, -0.1) is 0 Å². The van der Waals surface area contributed by atoms with Gasteiger partial charge in [-0.25, -0.2) is 4.79 Å². The number of aliphatic imine (C=N–C) groups is 1. The minimum absolute atomic E-state index is 0.00747. The summed E-state index contributed by atoms with van der Waals surface area (Å²) in [4.78, 5) is 88.7. The summed E-state index contributed by atoms with van der Waals surface area (Å²) >= 11 is 0. The van der Waals surface area contributed by atoms with Gasteiger partial charge in [0, 0.05) is 6.54 Å². The van der Waals surface area contributed by atoms with Crippen molar-refractivity contribution in [3.8, 4) is 0 Å². The molecule has 0 unspecified atom stereocenters. The molecule has 0 bridgehead atoms. The SMILES string of the molecule is NCC(=O)NCC(=O)N[C@@H](CO)C(=O)N[C@@H](CO)C(=O)N[C@@H](CCCN=C(N)N)C(=O)N[C@@H](CO)C(=O)N[C@@H](CO)C(=O)O. The highest BCUT2D eigenvalue weighted by Gasteiger charge is 2.31. The molecule has 0 saturated carbocycles. The van der Waals surface area contributed by atoms with E-state index in [1.165, 1.54) is 0 Å². The molecule has 44 heavy (non-hydrogen) atoms. The smallest absolute Gasteiger partial charge is 0.328 e. The second-order valence-electron chi connectivity index (χ2n) is 8.86. The maximum atomic E-state index is 13.0. The van der Waals surface area contributed by atoms with Crippen LogP contribution in [0.2, 0.25) is 0 Å². The number of rotatable bonds is 21. The summed E-state index contributed by atoms with van der Waals surface area (Å²) in [7, 11) is 0. The maximum absolute atomic E-state index is 13.0. The van der Waals surface area contributed by atoms with E-state index in [2.05, 4.69) is 31.6 Å². The molecule has 0 aromatic rings. The fourth-order valence-corrected chi connectivity index (χ4v) is 3.13. The third-order valence-electron chi connectivity index (χ3n) is 5.47. The Hall–Kier alpha value is -4.64. The van der Waals surface area contributed by atoms with E-state index in [4.69, 9.17) is 27.4 Å². The van der Waals surface area contributed by atoms with Crippen molar-refractivity contribution in [2.45, 2.75) is 43.1 Å². The van der Waals surface area contributed by atoms with Crippen LogP contribution >= 0.6 is 0 Å². The van der Waals surface area contributed by atoms with Gasteiger partial charge in [-0.1, -0.05) is 0 Å². The fourth-order valence-electron chi connectivity index (χ4n) is 3.13. The molecule has 6 amide bonds. The molecule has 17 N–H and O–H groups in total. The normalized spacial score (nSPS) is 13.9. The van der Waals surface area contributed by atoms with Crippen molar-refractivity contribution in [3.63, 3.8) is 0 Å². The molecule has 0 aliphatic carbocycles. The number of aliphatic hydroxyl groups is 4. The maximum Gasteiger partial charge on any atom is 0.328 e. The van der Waals surface area contributed by atoms with Gasteiger partial charge in [0.2, 0.25) is 35.4 Å². The van der Waals surface area contributed by atoms with Gasteiger partial charge < -0.3 is 74.6 Å². The Balaban J connectivity index is 5.62. The molecule has 5 atom stereocenters. The van der Waals surface area contributed by atoms with E-state index in [0.717, 1.165) is 0 Å². The molecule has 0 aromatic heterocycles. The molecule has 22 heteroatoms. The van der Waals surface area contributed by atoms with E-state index in [0.29, 0.717) is 0 Å². The molecule has 0 rings (SSSR count). The summed E-state index contributed by atoms with van der Waals surface area (Å²) in [5.41, 5.74) is 15.6. The van der Waals surface area contributed by atoms with Gasteiger partial charge in [0.25, 0.3) is 0 Å². The van der Waals surface area contributed by atoms with E-state index >= 15 is 0 Å². The van der Waals surface area contributed by atoms with E-state index in [1.54, 1.807) is 0 Å². The fraction of sp³-hybridized carbons (Fsp3) is 0.636. The number of nitrogens with two attached hydrogens (primary N) is 3. The number of nitrogens with zero attached hydrogens (tertiary/aromatic N) is 1. The molecular weight excluding hydrogens is 596 g/mol. The Morgan fingerprint density at radius 1 is 0.614 bits per heavy atom. The van der Waals surface area contributed by atoms with Crippen LogP contribution < -0.4 is 49.1 Å². The average Bonchev–Trinajstić information content (AvgIpc) is 2.99. The predicted molar refractivity (Wildman–Crippen MR) is 148 cm³/mol. The molecule has 0 spiro atoms. The average molecular weight is 637 g/mol. The van der Waals surface area contributed by atoms with Gasteiger partial charge in [-0.2, -0.15) is 0 Å². The number of nitrogens with one attached hydrogen (secondary N) is 6. The van der Waals surface area contributed by atoms with Gasteiger partial charge in [-0.3, -0.25) is 33.8 Å². The number of aliphatic carboxylic acids is 1. The Morgan fingerprint density at radius 2 is 1.02 bits per heavy atom. The molecule has 0 heterocycles. The van der Waals surface area contributed by atoms with Gasteiger partial charge in [0.15, 0.2) is 5.96 Å². The number of carbonyl (C=O) groups is 7. The van der Waals surface area contributed by atoms with Gasteiger partial charge in [0.1, 0.15) is 30.2 Å².